The Labute approximate surface area is 72.0 Å². The second-order valence-electron chi connectivity index (χ2n) is 2.83. The van der Waals surface area contributed by atoms with Gasteiger partial charge in [0.15, 0.2) is 6.10 Å². The summed E-state index contributed by atoms with van der Waals surface area (Å²) in [6.45, 7) is 2.05. The van der Waals surface area contributed by atoms with E-state index in [0.717, 1.165) is 24.8 Å². The Morgan fingerprint density at radius 2 is 2.58 bits per heavy atom. The third kappa shape index (κ3) is 2.08. The number of esters is 1. The van der Waals surface area contributed by atoms with Crippen molar-refractivity contribution in [2.45, 2.75) is 32.3 Å². The number of allylic oxidation sites excluding steroid dienone is 1. The minimum Gasteiger partial charge on any atom is -0.464 e. The molecule has 0 aromatic carbocycles. The second-order valence-corrected chi connectivity index (χ2v) is 2.83. The van der Waals surface area contributed by atoms with Crippen molar-refractivity contribution in [2.24, 2.45) is 0 Å². The molecule has 3 heteroatoms. The zero-order valence-electron chi connectivity index (χ0n) is 7.25. The molecule has 0 amide bonds. The fraction of sp³-hybridized carbons (Fsp3) is 0.667. The van der Waals surface area contributed by atoms with Crippen molar-refractivity contribution in [1.29, 1.82) is 0 Å². The lowest BCUT2D eigenvalue weighted by molar-refractivity contribution is -0.150. The van der Waals surface area contributed by atoms with Crippen LogP contribution < -0.4 is 0 Å². The molecule has 1 unspecified atom stereocenters. The number of rotatable bonds is 3. The number of hydrogen-bond acceptors (Lipinski definition) is 3. The summed E-state index contributed by atoms with van der Waals surface area (Å²) in [6, 6.07) is 0. The van der Waals surface area contributed by atoms with Crippen LogP contribution in [0, 0.1) is 0 Å². The molecule has 0 radical (unpaired) electrons. The molecule has 1 N–H and O–H groups in total. The SMILES string of the molecule is CCOC(=O)C(O)C1=CCCC1. The molecule has 0 saturated heterocycles. The molecular formula is C9H14O3. The molecule has 68 valence electrons. The van der Waals surface area contributed by atoms with E-state index in [-0.39, 0.29) is 0 Å². The number of carbonyl (C=O) groups is 1. The van der Waals surface area contributed by atoms with E-state index in [9.17, 15) is 9.90 Å². The first-order valence-corrected chi connectivity index (χ1v) is 4.29. The molecule has 1 aliphatic carbocycles. The lowest BCUT2D eigenvalue weighted by Gasteiger charge is -2.09. The minimum absolute atomic E-state index is 0.323. The topological polar surface area (TPSA) is 46.5 Å². The van der Waals surface area contributed by atoms with Gasteiger partial charge in [-0.1, -0.05) is 6.08 Å². The Balaban J connectivity index is 2.45. The van der Waals surface area contributed by atoms with Crippen molar-refractivity contribution in [1.82, 2.24) is 0 Å². The number of carbonyl (C=O) groups excluding carboxylic acids is 1. The summed E-state index contributed by atoms with van der Waals surface area (Å²) in [5, 5.41) is 9.41. The lowest BCUT2D eigenvalue weighted by atomic mass is 10.1. The monoisotopic (exact) mass is 170 g/mol. The van der Waals surface area contributed by atoms with Gasteiger partial charge in [0.05, 0.1) is 6.61 Å². The fourth-order valence-electron chi connectivity index (χ4n) is 1.32. The third-order valence-corrected chi connectivity index (χ3v) is 1.94. The molecular weight excluding hydrogens is 156 g/mol. The van der Waals surface area contributed by atoms with Crippen LogP contribution in [-0.4, -0.2) is 23.8 Å². The first kappa shape index (κ1) is 9.26. The van der Waals surface area contributed by atoms with Gasteiger partial charge in [-0.05, 0) is 31.8 Å². The third-order valence-electron chi connectivity index (χ3n) is 1.94. The smallest absolute Gasteiger partial charge is 0.339 e. The highest BCUT2D eigenvalue weighted by Gasteiger charge is 2.22. The van der Waals surface area contributed by atoms with Crippen LogP contribution in [-0.2, 0) is 9.53 Å². The summed E-state index contributed by atoms with van der Waals surface area (Å²) in [4.78, 5) is 11.0. The van der Waals surface area contributed by atoms with E-state index in [4.69, 9.17) is 0 Å². The molecule has 0 aromatic rings. The van der Waals surface area contributed by atoms with Gasteiger partial charge in [0.25, 0.3) is 0 Å². The van der Waals surface area contributed by atoms with Gasteiger partial charge in [0.2, 0.25) is 0 Å². The molecule has 0 spiro atoms. The first-order chi connectivity index (χ1) is 5.75. The van der Waals surface area contributed by atoms with E-state index in [2.05, 4.69) is 4.74 Å². The highest BCUT2D eigenvalue weighted by atomic mass is 16.5. The maximum Gasteiger partial charge on any atom is 0.339 e. The molecule has 0 saturated carbocycles. The minimum atomic E-state index is -1.02. The fourth-order valence-corrected chi connectivity index (χ4v) is 1.32. The summed E-state index contributed by atoms with van der Waals surface area (Å²) in [5.41, 5.74) is 0.813. The number of ether oxygens (including phenoxy) is 1. The summed E-state index contributed by atoms with van der Waals surface area (Å²) >= 11 is 0. The van der Waals surface area contributed by atoms with Crippen molar-refractivity contribution in [3.8, 4) is 0 Å². The first-order valence-electron chi connectivity index (χ1n) is 4.29. The normalized spacial score (nSPS) is 18.7. The van der Waals surface area contributed by atoms with Crippen LogP contribution in [0.4, 0.5) is 0 Å². The molecule has 1 atom stereocenters. The van der Waals surface area contributed by atoms with Crippen molar-refractivity contribution < 1.29 is 14.6 Å². The lowest BCUT2D eigenvalue weighted by Crippen LogP contribution is -2.24. The van der Waals surface area contributed by atoms with Crippen LogP contribution in [0.1, 0.15) is 26.2 Å². The summed E-state index contributed by atoms with van der Waals surface area (Å²) in [5.74, 6) is -0.523. The van der Waals surface area contributed by atoms with Gasteiger partial charge in [-0.3, -0.25) is 0 Å². The van der Waals surface area contributed by atoms with E-state index in [1.807, 2.05) is 6.08 Å². The van der Waals surface area contributed by atoms with Gasteiger partial charge < -0.3 is 9.84 Å². The quantitative estimate of drug-likeness (QED) is 0.508. The Bertz CT molecular complexity index is 196. The van der Waals surface area contributed by atoms with Gasteiger partial charge in [0.1, 0.15) is 0 Å². The Hall–Kier alpha value is -0.830. The van der Waals surface area contributed by atoms with Crippen LogP contribution in [0.2, 0.25) is 0 Å². The van der Waals surface area contributed by atoms with Crippen molar-refractivity contribution in [3.05, 3.63) is 11.6 Å². The van der Waals surface area contributed by atoms with Gasteiger partial charge in [-0.2, -0.15) is 0 Å². The molecule has 1 rings (SSSR count). The Morgan fingerprint density at radius 3 is 3.08 bits per heavy atom. The predicted molar refractivity (Wildman–Crippen MR) is 44.6 cm³/mol. The summed E-state index contributed by atoms with van der Waals surface area (Å²) in [6.07, 6.45) is 3.71. The maximum absolute atomic E-state index is 11.0. The maximum atomic E-state index is 11.0. The van der Waals surface area contributed by atoms with Crippen LogP contribution >= 0.6 is 0 Å². The molecule has 0 fully saturated rings. The largest absolute Gasteiger partial charge is 0.464 e. The molecule has 0 aliphatic heterocycles. The predicted octanol–water partition coefficient (Wildman–Crippen LogP) is 1.02. The number of hydrogen-bond donors (Lipinski definition) is 1. The van der Waals surface area contributed by atoms with E-state index >= 15 is 0 Å². The number of aliphatic hydroxyl groups excluding tert-OH is 1. The molecule has 0 bridgehead atoms. The average molecular weight is 170 g/mol. The van der Waals surface area contributed by atoms with Crippen LogP contribution in [0.5, 0.6) is 0 Å². The van der Waals surface area contributed by atoms with Gasteiger partial charge in [-0.25, -0.2) is 4.79 Å². The van der Waals surface area contributed by atoms with Crippen molar-refractivity contribution >= 4 is 5.97 Å². The Morgan fingerprint density at radius 1 is 1.83 bits per heavy atom. The molecule has 0 heterocycles. The molecule has 1 aliphatic rings. The summed E-state index contributed by atoms with van der Waals surface area (Å²) in [7, 11) is 0. The second kappa shape index (κ2) is 4.26. The molecule has 12 heavy (non-hydrogen) atoms. The van der Waals surface area contributed by atoms with Crippen molar-refractivity contribution in [2.75, 3.05) is 6.61 Å². The zero-order valence-corrected chi connectivity index (χ0v) is 7.25. The van der Waals surface area contributed by atoms with Crippen LogP contribution in [0.25, 0.3) is 0 Å². The molecule has 0 aromatic heterocycles. The standard InChI is InChI=1S/C9H14O3/c1-2-12-9(11)8(10)7-5-3-4-6-7/h5,8,10H,2-4,6H2,1H3. The van der Waals surface area contributed by atoms with E-state index in [1.165, 1.54) is 0 Å². The highest BCUT2D eigenvalue weighted by molar-refractivity contribution is 5.78. The molecule has 3 nitrogen and oxygen atoms in total. The van der Waals surface area contributed by atoms with Crippen LogP contribution in [0.15, 0.2) is 11.6 Å². The Kier molecular flexibility index (Phi) is 3.29. The van der Waals surface area contributed by atoms with Gasteiger partial charge in [-0.15, -0.1) is 0 Å². The summed E-state index contributed by atoms with van der Waals surface area (Å²) < 4.78 is 4.69. The van der Waals surface area contributed by atoms with Gasteiger partial charge >= 0.3 is 5.97 Å². The van der Waals surface area contributed by atoms with E-state index in [0.29, 0.717) is 6.61 Å². The van der Waals surface area contributed by atoms with Crippen LogP contribution in [0.3, 0.4) is 0 Å². The zero-order chi connectivity index (χ0) is 8.97. The van der Waals surface area contributed by atoms with Crippen molar-refractivity contribution in [3.63, 3.8) is 0 Å². The number of aliphatic hydroxyl groups is 1. The van der Waals surface area contributed by atoms with Gasteiger partial charge in [0, 0.05) is 0 Å². The van der Waals surface area contributed by atoms with E-state index < -0.39 is 12.1 Å². The van der Waals surface area contributed by atoms with E-state index in [1.54, 1.807) is 6.92 Å². The highest BCUT2D eigenvalue weighted by Crippen LogP contribution is 2.21. The average Bonchev–Trinajstić information content (AvgIpc) is 2.55.